The number of morpholine rings is 1. The molecule has 0 spiro atoms. The van der Waals surface area contributed by atoms with E-state index in [2.05, 4.69) is 48.4 Å². The molecular weight excluding hydrogens is 489 g/mol. The highest BCUT2D eigenvalue weighted by atomic mass is 19.1. The number of hydrogen-bond donors (Lipinski definition) is 1. The summed E-state index contributed by atoms with van der Waals surface area (Å²) in [6.07, 6.45) is 7.38. The first kappa shape index (κ1) is 30.6. The topological polar surface area (TPSA) is 44.8 Å². The molecule has 0 aliphatic carbocycles. The zero-order valence-electron chi connectivity index (χ0n) is 24.1. The smallest absolute Gasteiger partial charge is 0.251 e. The van der Waals surface area contributed by atoms with Crippen molar-refractivity contribution in [1.82, 2.24) is 15.1 Å². The van der Waals surface area contributed by atoms with E-state index in [1.807, 2.05) is 25.1 Å². The van der Waals surface area contributed by atoms with Crippen molar-refractivity contribution in [2.75, 3.05) is 53.0 Å². The second kappa shape index (κ2) is 15.6. The number of rotatable bonds is 14. The molecule has 0 aromatic heterocycles. The first-order valence-corrected chi connectivity index (χ1v) is 14.3. The Morgan fingerprint density at radius 3 is 2.72 bits per heavy atom. The predicted octanol–water partition coefficient (Wildman–Crippen LogP) is 4.58. The molecule has 1 N–H and O–H groups in total. The van der Waals surface area contributed by atoms with Gasteiger partial charge < -0.3 is 15.0 Å². The van der Waals surface area contributed by atoms with E-state index >= 15 is 0 Å². The number of hydrogen-bond acceptors (Lipinski definition) is 4. The van der Waals surface area contributed by atoms with Crippen molar-refractivity contribution in [3.8, 4) is 0 Å². The molecule has 0 radical (unpaired) electrons. The summed E-state index contributed by atoms with van der Waals surface area (Å²) in [5, 5.41) is 5.01. The average Bonchev–Trinajstić information content (AvgIpc) is 2.91. The van der Waals surface area contributed by atoms with Crippen molar-refractivity contribution in [3.05, 3.63) is 75.9 Å². The van der Waals surface area contributed by atoms with E-state index in [9.17, 15) is 9.18 Å². The summed E-state index contributed by atoms with van der Waals surface area (Å²) in [7, 11) is 2.10. The summed E-state index contributed by atoms with van der Waals surface area (Å²) in [5.74, 6) is 0.279. The molecule has 0 saturated carbocycles. The lowest BCUT2D eigenvalue weighted by atomic mass is 9.93. The molecule has 3 rings (SSSR count). The van der Waals surface area contributed by atoms with Crippen LogP contribution in [0.25, 0.3) is 18.4 Å². The predicted molar refractivity (Wildman–Crippen MR) is 160 cm³/mol. The van der Waals surface area contributed by atoms with Gasteiger partial charge in [-0.3, -0.25) is 9.69 Å². The van der Waals surface area contributed by atoms with Gasteiger partial charge in [0.05, 0.1) is 13.2 Å². The highest BCUT2D eigenvalue weighted by Gasteiger charge is 2.14. The number of ether oxygens (including phenoxy) is 1. The second-order valence-corrected chi connectivity index (χ2v) is 10.8. The van der Waals surface area contributed by atoms with Crippen molar-refractivity contribution in [2.45, 2.75) is 46.0 Å². The van der Waals surface area contributed by atoms with Crippen LogP contribution in [0.4, 0.5) is 4.39 Å². The number of amides is 1. The molecule has 39 heavy (non-hydrogen) atoms. The van der Waals surface area contributed by atoms with Crippen molar-refractivity contribution in [2.24, 2.45) is 5.92 Å². The molecule has 1 unspecified atom stereocenters. The van der Waals surface area contributed by atoms with Crippen LogP contribution in [0.1, 0.15) is 60.5 Å². The number of benzene rings is 2. The van der Waals surface area contributed by atoms with Crippen LogP contribution >= 0.6 is 0 Å². The van der Waals surface area contributed by atoms with Gasteiger partial charge in [-0.2, -0.15) is 0 Å². The molecule has 1 heterocycles. The van der Waals surface area contributed by atoms with Gasteiger partial charge >= 0.3 is 0 Å². The second-order valence-electron chi connectivity index (χ2n) is 10.8. The molecule has 1 amide bonds. The van der Waals surface area contributed by atoms with Gasteiger partial charge in [0.15, 0.2) is 0 Å². The molecule has 0 bridgehead atoms. The van der Waals surface area contributed by atoms with E-state index in [0.29, 0.717) is 18.0 Å². The molecule has 1 saturated heterocycles. The SMILES string of the molecule is C=C(CCCC(CCC)CN(C)/C=c1/c(C)c(C(=O)NCCN2CCOCC2)ccc1=C)c1cccc(F)c1. The average molecular weight is 536 g/mol. The quantitative estimate of drug-likeness (QED) is 0.385. The van der Waals surface area contributed by atoms with Gasteiger partial charge in [0, 0.05) is 56.8 Å². The van der Waals surface area contributed by atoms with E-state index < -0.39 is 0 Å². The molecule has 1 fully saturated rings. The number of allylic oxidation sites excluding steroid dienone is 1. The highest BCUT2D eigenvalue weighted by Crippen LogP contribution is 2.23. The van der Waals surface area contributed by atoms with E-state index in [4.69, 9.17) is 4.74 Å². The zero-order valence-corrected chi connectivity index (χ0v) is 24.1. The Balaban J connectivity index is 1.59. The van der Waals surface area contributed by atoms with E-state index in [1.165, 1.54) is 6.07 Å². The van der Waals surface area contributed by atoms with Crippen LogP contribution in [0.15, 0.2) is 43.0 Å². The summed E-state index contributed by atoms with van der Waals surface area (Å²) in [6, 6.07) is 10.5. The van der Waals surface area contributed by atoms with Crippen LogP contribution < -0.4 is 15.8 Å². The Bertz CT molecular complexity index is 1210. The normalized spacial score (nSPS) is 15.2. The summed E-state index contributed by atoms with van der Waals surface area (Å²) >= 11 is 0. The van der Waals surface area contributed by atoms with Crippen molar-refractivity contribution >= 4 is 24.3 Å². The van der Waals surface area contributed by atoms with Crippen LogP contribution in [0.5, 0.6) is 0 Å². The Morgan fingerprint density at radius 2 is 2.00 bits per heavy atom. The van der Waals surface area contributed by atoms with E-state index in [-0.39, 0.29) is 11.7 Å². The van der Waals surface area contributed by atoms with Crippen LogP contribution in [0.2, 0.25) is 0 Å². The minimum Gasteiger partial charge on any atom is -0.380 e. The molecule has 1 aliphatic rings. The number of halogens is 1. The van der Waals surface area contributed by atoms with Crippen molar-refractivity contribution in [1.29, 1.82) is 0 Å². The van der Waals surface area contributed by atoms with E-state index in [1.54, 1.807) is 12.1 Å². The Kier molecular flexibility index (Phi) is 12.2. The lowest BCUT2D eigenvalue weighted by molar-refractivity contribution is 0.0383. The lowest BCUT2D eigenvalue weighted by Gasteiger charge is -2.26. The van der Waals surface area contributed by atoms with Gasteiger partial charge in [0.1, 0.15) is 5.82 Å². The Morgan fingerprint density at radius 1 is 1.23 bits per heavy atom. The molecule has 2 aromatic rings. The largest absolute Gasteiger partial charge is 0.380 e. The van der Waals surface area contributed by atoms with Gasteiger partial charge in [-0.05, 0) is 78.6 Å². The third-order valence-corrected chi connectivity index (χ3v) is 7.58. The maximum Gasteiger partial charge on any atom is 0.251 e. The number of nitrogens with one attached hydrogen (secondary N) is 1. The Labute approximate surface area is 234 Å². The van der Waals surface area contributed by atoms with Crippen molar-refractivity contribution in [3.63, 3.8) is 0 Å². The van der Waals surface area contributed by atoms with Gasteiger partial charge in [-0.1, -0.05) is 44.7 Å². The fourth-order valence-electron chi connectivity index (χ4n) is 5.33. The number of nitrogens with zero attached hydrogens (tertiary/aromatic N) is 2. The minimum absolute atomic E-state index is 0.0413. The fourth-order valence-corrected chi connectivity index (χ4v) is 5.33. The summed E-state index contributed by atoms with van der Waals surface area (Å²) in [6.45, 7) is 18.4. The Hall–Kier alpha value is -2.96. The third-order valence-electron chi connectivity index (χ3n) is 7.58. The fraction of sp³-hybridized carbons (Fsp3) is 0.485. The maximum absolute atomic E-state index is 13.6. The first-order chi connectivity index (χ1) is 18.8. The summed E-state index contributed by atoms with van der Waals surface area (Å²) < 4.78 is 19.0. The minimum atomic E-state index is -0.218. The molecule has 1 aliphatic heterocycles. The third kappa shape index (κ3) is 9.63. The zero-order chi connectivity index (χ0) is 28.2. The summed E-state index contributed by atoms with van der Waals surface area (Å²) in [5.41, 5.74) is 3.53. The summed E-state index contributed by atoms with van der Waals surface area (Å²) in [4.78, 5) is 17.5. The molecule has 6 heteroatoms. The highest BCUT2D eigenvalue weighted by molar-refractivity contribution is 5.95. The van der Waals surface area contributed by atoms with E-state index in [0.717, 1.165) is 98.6 Å². The standard InChI is InChI=1S/C33H46FN3O2/c1-6-9-28(11-7-10-25(2)29-12-8-13-30(34)22-29)23-36(5)24-32-26(3)14-15-31(27(32)4)33(38)35-16-17-37-18-20-39-21-19-37/h8,12-15,22,24,28H,2-3,6-7,9-11,16-21,23H2,1,4-5H3,(H,35,38)/b32-24+. The molecule has 2 aromatic carbocycles. The van der Waals surface area contributed by atoms with Crippen LogP contribution in [-0.2, 0) is 4.74 Å². The van der Waals surface area contributed by atoms with Gasteiger partial charge in [-0.25, -0.2) is 4.39 Å². The van der Waals surface area contributed by atoms with Crippen LogP contribution in [0, 0.1) is 18.7 Å². The molecular formula is C33H46FN3O2. The molecule has 212 valence electrons. The van der Waals surface area contributed by atoms with Crippen LogP contribution in [0.3, 0.4) is 0 Å². The van der Waals surface area contributed by atoms with Crippen molar-refractivity contribution < 1.29 is 13.9 Å². The number of carbonyl (C=O) groups excluding carboxylic acids is 1. The molecule has 1 atom stereocenters. The van der Waals surface area contributed by atoms with Gasteiger partial charge in [-0.15, -0.1) is 0 Å². The molecule has 5 nitrogen and oxygen atoms in total. The maximum atomic E-state index is 13.6. The number of carbonyl (C=O) groups is 1. The monoisotopic (exact) mass is 535 g/mol. The lowest BCUT2D eigenvalue weighted by Crippen LogP contribution is -2.41. The van der Waals surface area contributed by atoms with Gasteiger partial charge in [0.2, 0.25) is 0 Å². The first-order valence-electron chi connectivity index (χ1n) is 14.3. The van der Waals surface area contributed by atoms with Crippen LogP contribution in [-0.4, -0.2) is 68.7 Å². The van der Waals surface area contributed by atoms with Gasteiger partial charge in [0.25, 0.3) is 5.91 Å².